The third-order valence-electron chi connectivity index (χ3n) is 5.33. The number of ether oxygens (including phenoxy) is 4. The number of hydrogen-bond donors (Lipinski definition) is 0. The van der Waals surface area contributed by atoms with Crippen LogP contribution in [0.3, 0.4) is 0 Å². The monoisotopic (exact) mass is 451 g/mol. The predicted molar refractivity (Wildman–Crippen MR) is 123 cm³/mol. The van der Waals surface area contributed by atoms with E-state index in [2.05, 4.69) is 6.92 Å². The summed E-state index contributed by atoms with van der Waals surface area (Å²) in [7, 11) is 1.53. The second-order valence-corrected chi connectivity index (χ2v) is 7.70. The van der Waals surface area contributed by atoms with Gasteiger partial charge in [-0.1, -0.05) is 43.3 Å². The summed E-state index contributed by atoms with van der Waals surface area (Å²) in [5, 5.41) is 0. The zero-order chi connectivity index (χ0) is 23.2. The summed E-state index contributed by atoms with van der Waals surface area (Å²) >= 11 is 0. The molecule has 0 N–H and O–H groups in total. The van der Waals surface area contributed by atoms with Crippen molar-refractivity contribution in [2.24, 2.45) is 0 Å². The average Bonchev–Trinajstić information content (AvgIpc) is 3.20. The number of cyclic esters (lactones) is 1. The second-order valence-electron chi connectivity index (χ2n) is 7.70. The minimum Gasteiger partial charge on any atom is -0.485 e. The average molecular weight is 451 g/mol. The van der Waals surface area contributed by atoms with Crippen LogP contribution in [0.2, 0.25) is 0 Å². The molecule has 3 aromatic carbocycles. The van der Waals surface area contributed by atoms with Crippen LogP contribution < -0.4 is 14.4 Å². The third-order valence-corrected chi connectivity index (χ3v) is 5.33. The van der Waals surface area contributed by atoms with Gasteiger partial charge in [-0.25, -0.2) is 9.18 Å². The number of aryl methyl sites for hydroxylation is 1. The lowest BCUT2D eigenvalue weighted by Gasteiger charge is -2.16. The van der Waals surface area contributed by atoms with E-state index in [0.29, 0.717) is 30.3 Å². The zero-order valence-electron chi connectivity index (χ0n) is 18.6. The maximum absolute atomic E-state index is 14.9. The highest BCUT2D eigenvalue weighted by molar-refractivity contribution is 5.89. The van der Waals surface area contributed by atoms with Crippen LogP contribution in [0, 0.1) is 5.82 Å². The van der Waals surface area contributed by atoms with E-state index >= 15 is 0 Å². The van der Waals surface area contributed by atoms with Gasteiger partial charge >= 0.3 is 6.09 Å². The van der Waals surface area contributed by atoms with Crippen molar-refractivity contribution in [2.75, 3.05) is 25.2 Å². The molecule has 1 unspecified atom stereocenters. The van der Waals surface area contributed by atoms with Crippen molar-refractivity contribution in [1.82, 2.24) is 0 Å². The van der Waals surface area contributed by atoms with Crippen molar-refractivity contribution in [1.29, 1.82) is 0 Å². The smallest absolute Gasteiger partial charge is 0.414 e. The number of methoxy groups -OCH3 is 1. The van der Waals surface area contributed by atoms with Gasteiger partial charge in [0.1, 0.15) is 12.7 Å². The van der Waals surface area contributed by atoms with E-state index in [0.717, 1.165) is 17.5 Å². The molecule has 1 amide bonds. The van der Waals surface area contributed by atoms with Gasteiger partial charge < -0.3 is 18.9 Å². The highest BCUT2D eigenvalue weighted by Crippen LogP contribution is 2.36. The van der Waals surface area contributed by atoms with Gasteiger partial charge in [0.25, 0.3) is 0 Å². The summed E-state index contributed by atoms with van der Waals surface area (Å²) in [6.45, 7) is 3.00. The van der Waals surface area contributed by atoms with Crippen LogP contribution in [0.4, 0.5) is 14.9 Å². The molecule has 1 fully saturated rings. The molecule has 7 heteroatoms. The van der Waals surface area contributed by atoms with Crippen LogP contribution in [0.1, 0.15) is 18.1 Å². The highest BCUT2D eigenvalue weighted by atomic mass is 19.1. The van der Waals surface area contributed by atoms with Gasteiger partial charge in [0.2, 0.25) is 0 Å². The van der Waals surface area contributed by atoms with Crippen molar-refractivity contribution in [3.63, 3.8) is 0 Å². The normalized spacial score (nSPS) is 15.4. The number of anilines is 1. The van der Waals surface area contributed by atoms with E-state index in [1.807, 2.05) is 42.5 Å². The van der Waals surface area contributed by atoms with Crippen molar-refractivity contribution in [3.05, 3.63) is 83.7 Å². The summed E-state index contributed by atoms with van der Waals surface area (Å²) in [6.07, 6.45) is -0.0825. The Morgan fingerprint density at radius 2 is 1.79 bits per heavy atom. The number of nitrogens with zero attached hydrogens (tertiary/aromatic N) is 1. The molecule has 172 valence electrons. The summed E-state index contributed by atoms with van der Waals surface area (Å²) < 4.78 is 37.1. The number of halogens is 1. The molecule has 0 spiro atoms. The molecule has 0 aromatic heterocycles. The molecule has 0 saturated carbocycles. The molecule has 33 heavy (non-hydrogen) atoms. The molecular formula is C26H26FNO5. The number of amides is 1. The standard InChI is InChI=1S/C26H26FNO5/c1-3-18-9-11-24(25(13-18)31-16-19-7-5-4-6-8-19)33-23-12-10-20(14-22(23)27)28-15-21(17-30-2)32-26(28)29/h4-14,21H,3,15-17H2,1-2H3. The Labute approximate surface area is 192 Å². The molecule has 1 atom stereocenters. The van der Waals surface area contributed by atoms with Crippen molar-refractivity contribution in [3.8, 4) is 17.2 Å². The van der Waals surface area contributed by atoms with Crippen molar-refractivity contribution >= 4 is 11.8 Å². The maximum Gasteiger partial charge on any atom is 0.414 e. The molecule has 1 aliphatic rings. The van der Waals surface area contributed by atoms with Gasteiger partial charge in [-0.3, -0.25) is 4.90 Å². The van der Waals surface area contributed by atoms with Gasteiger partial charge in [-0.2, -0.15) is 0 Å². The van der Waals surface area contributed by atoms with Crippen molar-refractivity contribution < 1.29 is 28.1 Å². The van der Waals surface area contributed by atoms with Gasteiger partial charge in [-0.05, 0) is 41.8 Å². The van der Waals surface area contributed by atoms with Crippen LogP contribution in [0.15, 0.2) is 66.7 Å². The summed E-state index contributed by atoms with van der Waals surface area (Å²) in [6, 6.07) is 19.8. The Morgan fingerprint density at radius 1 is 1.00 bits per heavy atom. The number of benzene rings is 3. The van der Waals surface area contributed by atoms with Gasteiger partial charge in [0.05, 0.1) is 18.8 Å². The Morgan fingerprint density at radius 3 is 2.52 bits per heavy atom. The SMILES string of the molecule is CCc1ccc(Oc2ccc(N3CC(COC)OC3=O)cc2F)c(OCc2ccccc2)c1. The Hall–Kier alpha value is -3.58. The molecule has 0 bridgehead atoms. The molecule has 6 nitrogen and oxygen atoms in total. The first-order valence-corrected chi connectivity index (χ1v) is 10.8. The Bertz CT molecular complexity index is 1110. The van der Waals surface area contributed by atoms with Crippen LogP contribution >= 0.6 is 0 Å². The van der Waals surface area contributed by atoms with Crippen LogP contribution in [0.5, 0.6) is 17.2 Å². The van der Waals surface area contributed by atoms with Gasteiger partial charge in [0, 0.05) is 13.2 Å². The zero-order valence-corrected chi connectivity index (χ0v) is 18.6. The second kappa shape index (κ2) is 10.4. The van der Waals surface area contributed by atoms with Crippen LogP contribution in [0.25, 0.3) is 0 Å². The first-order valence-electron chi connectivity index (χ1n) is 10.8. The van der Waals surface area contributed by atoms with E-state index in [1.54, 1.807) is 12.1 Å². The maximum atomic E-state index is 14.9. The van der Waals surface area contributed by atoms with E-state index in [4.69, 9.17) is 18.9 Å². The lowest BCUT2D eigenvalue weighted by Crippen LogP contribution is -2.25. The van der Waals surface area contributed by atoms with E-state index in [1.165, 1.54) is 24.1 Å². The van der Waals surface area contributed by atoms with Crippen LogP contribution in [-0.2, 0) is 22.5 Å². The first kappa shape index (κ1) is 22.6. The van der Waals surface area contributed by atoms with Crippen LogP contribution in [-0.4, -0.2) is 32.5 Å². The molecule has 1 aliphatic heterocycles. The third kappa shape index (κ3) is 5.43. The molecule has 4 rings (SSSR count). The molecule has 0 radical (unpaired) electrons. The van der Waals surface area contributed by atoms with E-state index in [9.17, 15) is 9.18 Å². The molecule has 3 aromatic rings. The first-order chi connectivity index (χ1) is 16.1. The van der Waals surface area contributed by atoms with Crippen molar-refractivity contribution in [2.45, 2.75) is 26.1 Å². The Balaban J connectivity index is 1.52. The minimum absolute atomic E-state index is 0.0357. The minimum atomic E-state index is -0.593. The van der Waals surface area contributed by atoms with E-state index in [-0.39, 0.29) is 18.5 Å². The number of rotatable bonds is 9. The van der Waals surface area contributed by atoms with Gasteiger partial charge in [0.15, 0.2) is 23.1 Å². The fourth-order valence-electron chi connectivity index (χ4n) is 3.57. The highest BCUT2D eigenvalue weighted by Gasteiger charge is 2.32. The lowest BCUT2D eigenvalue weighted by atomic mass is 10.1. The summed E-state index contributed by atoms with van der Waals surface area (Å²) in [4.78, 5) is 13.5. The topological polar surface area (TPSA) is 57.2 Å². The number of hydrogen-bond acceptors (Lipinski definition) is 5. The largest absolute Gasteiger partial charge is 0.485 e. The molecule has 0 aliphatic carbocycles. The predicted octanol–water partition coefficient (Wildman–Crippen LogP) is 5.73. The van der Waals surface area contributed by atoms with E-state index < -0.39 is 11.9 Å². The molecular weight excluding hydrogens is 425 g/mol. The summed E-state index contributed by atoms with van der Waals surface area (Å²) in [5.41, 5.74) is 2.50. The molecule has 1 saturated heterocycles. The fraction of sp³-hybridized carbons (Fsp3) is 0.269. The lowest BCUT2D eigenvalue weighted by molar-refractivity contribution is 0.0718. The van der Waals surface area contributed by atoms with Gasteiger partial charge in [-0.15, -0.1) is 0 Å². The Kier molecular flexibility index (Phi) is 7.10. The molecule has 1 heterocycles. The number of carbonyl (C=O) groups is 1. The summed E-state index contributed by atoms with van der Waals surface area (Å²) in [5.74, 6) is 0.389. The fourth-order valence-corrected chi connectivity index (χ4v) is 3.57. The quantitative estimate of drug-likeness (QED) is 0.416. The number of carbonyl (C=O) groups excluding carboxylic acids is 1.